The molecule has 0 aliphatic carbocycles. The van der Waals surface area contributed by atoms with Crippen LogP contribution in [-0.2, 0) is 0 Å². The summed E-state index contributed by atoms with van der Waals surface area (Å²) in [6.45, 7) is 2.98. The molecule has 1 aromatic heterocycles. The van der Waals surface area contributed by atoms with Crippen LogP contribution >= 0.6 is 11.3 Å². The Labute approximate surface area is 104 Å². The first-order valence-corrected chi connectivity index (χ1v) is 6.61. The molecule has 0 saturated carbocycles. The molecule has 0 radical (unpaired) electrons. The number of nitrogens with one attached hydrogen (secondary N) is 1. The van der Waals surface area contributed by atoms with Crippen molar-refractivity contribution in [3.8, 4) is 0 Å². The van der Waals surface area contributed by atoms with Gasteiger partial charge in [-0.25, -0.2) is 0 Å². The number of hydrogen-bond acceptors (Lipinski definition) is 4. The largest absolute Gasteiger partial charge is 0.393 e. The molecule has 3 nitrogen and oxygen atoms in total. The Morgan fingerprint density at radius 3 is 2.88 bits per heavy atom. The molecule has 0 unspecified atom stereocenters. The highest BCUT2D eigenvalue weighted by Crippen LogP contribution is 2.28. The summed E-state index contributed by atoms with van der Waals surface area (Å²) >= 11 is 1.20. The lowest BCUT2D eigenvalue weighted by molar-refractivity contribution is 0.835. The van der Waals surface area contributed by atoms with Crippen molar-refractivity contribution in [2.24, 2.45) is 0 Å². The molecular weight excluding hydrogens is 232 g/mol. The average Bonchev–Trinajstić information content (AvgIpc) is 2.34. The second-order valence-corrected chi connectivity index (χ2v) is 4.97. The van der Waals surface area contributed by atoms with Gasteiger partial charge in [0.25, 0.3) is 4.74 Å². The van der Waals surface area contributed by atoms with Crippen LogP contribution in [0.3, 0.4) is 0 Å². The molecule has 0 aliphatic rings. The fraction of sp³-hybridized carbons (Fsp3) is 0.308. The van der Waals surface area contributed by atoms with E-state index >= 15 is 0 Å². The number of nitrogen functional groups attached to an aromatic ring is 1. The zero-order chi connectivity index (χ0) is 12.3. The predicted molar refractivity (Wildman–Crippen MR) is 75.9 cm³/mol. The quantitative estimate of drug-likeness (QED) is 0.818. The first-order chi connectivity index (χ1) is 8.24. The third-order valence-electron chi connectivity index (χ3n) is 2.68. The third kappa shape index (κ3) is 2.42. The summed E-state index contributed by atoms with van der Waals surface area (Å²) < 4.78 is 0.911. The van der Waals surface area contributed by atoms with E-state index in [1.165, 1.54) is 11.3 Å². The molecule has 0 spiro atoms. The second kappa shape index (κ2) is 5.19. The standard InChI is InChI=1S/C13H16N2OS/c1-2-3-8-15-12-9-6-4-5-7-10(9)17-13(16)11(12)14/h4-7,15H,2-3,8,14H2,1H3. The van der Waals surface area contributed by atoms with Crippen molar-refractivity contribution in [1.82, 2.24) is 0 Å². The lowest BCUT2D eigenvalue weighted by Gasteiger charge is -2.11. The van der Waals surface area contributed by atoms with Crippen molar-refractivity contribution in [2.75, 3.05) is 17.6 Å². The molecule has 2 rings (SSSR count). The van der Waals surface area contributed by atoms with Crippen LogP contribution in [-0.4, -0.2) is 6.54 Å². The van der Waals surface area contributed by atoms with Gasteiger partial charge >= 0.3 is 0 Å². The highest BCUT2D eigenvalue weighted by atomic mass is 32.1. The van der Waals surface area contributed by atoms with Crippen molar-refractivity contribution in [2.45, 2.75) is 19.8 Å². The van der Waals surface area contributed by atoms with Crippen LogP contribution in [0.25, 0.3) is 10.1 Å². The van der Waals surface area contributed by atoms with Gasteiger partial charge in [-0.2, -0.15) is 0 Å². The maximum absolute atomic E-state index is 11.7. The molecule has 4 heteroatoms. The SMILES string of the molecule is CCCCNc1c(N)c(=O)sc2ccccc12. The highest BCUT2D eigenvalue weighted by molar-refractivity contribution is 7.16. The van der Waals surface area contributed by atoms with Crippen molar-refractivity contribution in [3.63, 3.8) is 0 Å². The molecule has 3 N–H and O–H groups in total. The maximum Gasteiger partial charge on any atom is 0.257 e. The fourth-order valence-corrected chi connectivity index (χ4v) is 2.58. The van der Waals surface area contributed by atoms with Crippen molar-refractivity contribution in [3.05, 3.63) is 33.8 Å². The van der Waals surface area contributed by atoms with E-state index in [4.69, 9.17) is 5.73 Å². The lowest BCUT2D eigenvalue weighted by Crippen LogP contribution is -2.11. The summed E-state index contributed by atoms with van der Waals surface area (Å²) in [5.41, 5.74) is 6.99. The third-order valence-corrected chi connectivity index (χ3v) is 3.66. The molecule has 17 heavy (non-hydrogen) atoms. The summed E-state index contributed by atoms with van der Waals surface area (Å²) in [5, 5.41) is 4.31. The number of rotatable bonds is 4. The molecule has 0 aliphatic heterocycles. The minimum Gasteiger partial charge on any atom is -0.393 e. The van der Waals surface area contributed by atoms with E-state index in [0.717, 1.165) is 35.2 Å². The molecule has 1 heterocycles. The normalized spacial score (nSPS) is 10.6. The van der Waals surface area contributed by atoms with Gasteiger partial charge in [-0.05, 0) is 12.5 Å². The van der Waals surface area contributed by atoms with Crippen molar-refractivity contribution in [1.29, 1.82) is 0 Å². The van der Waals surface area contributed by atoms with Gasteiger partial charge in [-0.1, -0.05) is 42.9 Å². The molecule has 0 atom stereocenters. The van der Waals surface area contributed by atoms with E-state index in [2.05, 4.69) is 12.2 Å². The zero-order valence-corrected chi connectivity index (χ0v) is 10.6. The molecule has 0 fully saturated rings. The Kier molecular flexibility index (Phi) is 3.64. The van der Waals surface area contributed by atoms with Crippen molar-refractivity contribution >= 4 is 32.8 Å². The lowest BCUT2D eigenvalue weighted by atomic mass is 10.2. The topological polar surface area (TPSA) is 55.1 Å². The summed E-state index contributed by atoms with van der Waals surface area (Å²) in [6, 6.07) is 7.84. The maximum atomic E-state index is 11.7. The summed E-state index contributed by atoms with van der Waals surface area (Å²) in [4.78, 5) is 11.7. The molecular formula is C13H16N2OS. The summed E-state index contributed by atoms with van der Waals surface area (Å²) in [6.07, 6.45) is 2.19. The Morgan fingerprint density at radius 2 is 2.12 bits per heavy atom. The van der Waals surface area contributed by atoms with Crippen LogP contribution in [0.4, 0.5) is 11.4 Å². The summed E-state index contributed by atoms with van der Waals surface area (Å²) in [7, 11) is 0. The molecule has 0 saturated heterocycles. The van der Waals surface area contributed by atoms with Gasteiger partial charge in [-0.15, -0.1) is 0 Å². The van der Waals surface area contributed by atoms with E-state index in [1.807, 2.05) is 24.3 Å². The van der Waals surface area contributed by atoms with E-state index in [1.54, 1.807) is 0 Å². The monoisotopic (exact) mass is 248 g/mol. The summed E-state index contributed by atoms with van der Waals surface area (Å²) in [5.74, 6) is 0. The van der Waals surface area contributed by atoms with E-state index < -0.39 is 0 Å². The molecule has 2 aromatic rings. The number of unbranched alkanes of at least 4 members (excludes halogenated alkanes) is 1. The van der Waals surface area contributed by atoms with E-state index in [9.17, 15) is 4.79 Å². The van der Waals surface area contributed by atoms with Crippen LogP contribution in [0.15, 0.2) is 29.1 Å². The van der Waals surface area contributed by atoms with Crippen LogP contribution in [0.5, 0.6) is 0 Å². The van der Waals surface area contributed by atoms with E-state index in [0.29, 0.717) is 5.69 Å². The highest BCUT2D eigenvalue weighted by Gasteiger charge is 2.08. The zero-order valence-electron chi connectivity index (χ0n) is 9.82. The molecule has 1 aromatic carbocycles. The van der Waals surface area contributed by atoms with Gasteiger partial charge in [0.1, 0.15) is 5.69 Å². The number of fused-ring (bicyclic) bond motifs is 1. The van der Waals surface area contributed by atoms with Crippen LogP contribution in [0.1, 0.15) is 19.8 Å². The van der Waals surface area contributed by atoms with Crippen molar-refractivity contribution < 1.29 is 0 Å². The van der Waals surface area contributed by atoms with Gasteiger partial charge in [-0.3, -0.25) is 4.79 Å². The minimum absolute atomic E-state index is 0.0669. The Bertz CT molecular complexity index is 577. The van der Waals surface area contributed by atoms with Crippen LogP contribution in [0, 0.1) is 0 Å². The van der Waals surface area contributed by atoms with Gasteiger partial charge in [0.2, 0.25) is 0 Å². The molecule has 90 valence electrons. The number of anilines is 2. The Balaban J connectivity index is 2.50. The predicted octanol–water partition coefficient (Wildman–Crippen LogP) is 3.06. The van der Waals surface area contributed by atoms with E-state index in [-0.39, 0.29) is 4.74 Å². The first-order valence-electron chi connectivity index (χ1n) is 5.79. The van der Waals surface area contributed by atoms with Crippen LogP contribution in [0.2, 0.25) is 0 Å². The molecule has 0 amide bonds. The number of benzene rings is 1. The average molecular weight is 248 g/mol. The Morgan fingerprint density at radius 1 is 1.35 bits per heavy atom. The van der Waals surface area contributed by atoms with Crippen LogP contribution < -0.4 is 15.8 Å². The fourth-order valence-electron chi connectivity index (χ4n) is 1.74. The number of nitrogens with two attached hydrogens (primary N) is 1. The van der Waals surface area contributed by atoms with Gasteiger partial charge in [0.05, 0.1) is 5.69 Å². The second-order valence-electron chi connectivity index (χ2n) is 3.95. The smallest absolute Gasteiger partial charge is 0.257 e. The van der Waals surface area contributed by atoms with Gasteiger partial charge < -0.3 is 11.1 Å². The molecule has 0 bridgehead atoms. The van der Waals surface area contributed by atoms with Gasteiger partial charge in [0.15, 0.2) is 0 Å². The minimum atomic E-state index is -0.0669. The number of hydrogen-bond donors (Lipinski definition) is 2. The first kappa shape index (κ1) is 11.9. The Hall–Kier alpha value is -1.55. The van der Waals surface area contributed by atoms with Gasteiger partial charge in [0, 0.05) is 16.6 Å².